The minimum Gasteiger partial charge on any atom is -0.506 e. The van der Waals surface area contributed by atoms with Gasteiger partial charge in [-0.05, 0) is 67.8 Å². The molecule has 1 saturated heterocycles. The number of thioether (sulfide) groups is 1. The van der Waals surface area contributed by atoms with Gasteiger partial charge >= 0.3 is 0 Å². The molecule has 2 aromatic carbocycles. The normalized spacial score (nSPS) is 16.4. The molecule has 1 aliphatic rings. The highest BCUT2D eigenvalue weighted by molar-refractivity contribution is 9.11. The fraction of sp³-hybridized carbons (Fsp3) is 0. The zero-order valence-corrected chi connectivity index (χ0v) is 16.3. The minimum absolute atomic E-state index is 0.124. The molecule has 1 N–H and O–H groups in total. The summed E-state index contributed by atoms with van der Waals surface area (Å²) in [4.78, 5) is 14.7. The second-order valence-electron chi connectivity index (χ2n) is 4.69. The van der Waals surface area contributed by atoms with E-state index in [9.17, 15) is 9.90 Å². The average Bonchev–Trinajstić information content (AvgIpc) is 2.80. The second-order valence-corrected chi connectivity index (χ2v) is 8.07. The van der Waals surface area contributed by atoms with Gasteiger partial charge < -0.3 is 5.11 Å². The number of para-hydroxylation sites is 1. The van der Waals surface area contributed by atoms with Gasteiger partial charge in [-0.15, -0.1) is 0 Å². The van der Waals surface area contributed by atoms with E-state index >= 15 is 0 Å². The van der Waals surface area contributed by atoms with Crippen LogP contribution < -0.4 is 4.90 Å². The molecule has 23 heavy (non-hydrogen) atoms. The Morgan fingerprint density at radius 1 is 1.13 bits per heavy atom. The maximum Gasteiger partial charge on any atom is 0.270 e. The smallest absolute Gasteiger partial charge is 0.270 e. The molecule has 1 fully saturated rings. The highest BCUT2D eigenvalue weighted by Gasteiger charge is 2.33. The summed E-state index contributed by atoms with van der Waals surface area (Å²) in [5, 5.41) is 9.76. The lowest BCUT2D eigenvalue weighted by Crippen LogP contribution is -2.27. The van der Waals surface area contributed by atoms with Crippen LogP contribution in [0.1, 0.15) is 5.56 Å². The Balaban J connectivity index is 1.96. The van der Waals surface area contributed by atoms with Gasteiger partial charge in [-0.3, -0.25) is 9.69 Å². The van der Waals surface area contributed by atoms with Crippen LogP contribution in [0.3, 0.4) is 0 Å². The number of carbonyl (C=O) groups excluding carboxylic acids is 1. The Labute approximate surface area is 159 Å². The van der Waals surface area contributed by atoms with E-state index < -0.39 is 0 Å². The van der Waals surface area contributed by atoms with Crippen LogP contribution in [0.4, 0.5) is 5.69 Å². The number of nitrogens with zero attached hydrogens (tertiary/aromatic N) is 1. The molecule has 0 saturated carbocycles. The molecule has 2 aromatic rings. The van der Waals surface area contributed by atoms with Gasteiger partial charge in [-0.25, -0.2) is 0 Å². The van der Waals surface area contributed by atoms with Gasteiger partial charge in [0.15, 0.2) is 4.32 Å². The van der Waals surface area contributed by atoms with E-state index in [-0.39, 0.29) is 11.7 Å². The Hall–Kier alpha value is -1.15. The number of hydrogen-bond donors (Lipinski definition) is 1. The van der Waals surface area contributed by atoms with E-state index in [4.69, 9.17) is 12.2 Å². The molecule has 0 aromatic heterocycles. The maximum absolute atomic E-state index is 12.6. The molecule has 0 radical (unpaired) electrons. The standard InChI is InChI=1S/C16H9Br2NO2S2/c17-11-6-9(7-12(18)14(11)20)8-13-15(21)19(16(22)23-13)10-4-2-1-3-5-10/h1-8,20H/b13-8-. The third kappa shape index (κ3) is 3.38. The van der Waals surface area contributed by atoms with Gasteiger partial charge in [0.1, 0.15) is 5.75 Å². The second kappa shape index (κ2) is 6.76. The van der Waals surface area contributed by atoms with Crippen molar-refractivity contribution < 1.29 is 9.90 Å². The van der Waals surface area contributed by atoms with E-state index in [0.29, 0.717) is 18.2 Å². The Kier molecular flexibility index (Phi) is 4.91. The number of rotatable bonds is 2. The largest absolute Gasteiger partial charge is 0.506 e. The number of phenolic OH excluding ortho intramolecular Hbond substituents is 1. The molecule has 0 spiro atoms. The number of anilines is 1. The van der Waals surface area contributed by atoms with Crippen LogP contribution in [0.5, 0.6) is 5.75 Å². The van der Waals surface area contributed by atoms with Gasteiger partial charge in [-0.2, -0.15) is 0 Å². The summed E-state index contributed by atoms with van der Waals surface area (Å²) >= 11 is 13.2. The number of phenols is 1. The highest BCUT2D eigenvalue weighted by Crippen LogP contribution is 2.38. The lowest BCUT2D eigenvalue weighted by molar-refractivity contribution is -0.113. The lowest BCUT2D eigenvalue weighted by atomic mass is 10.2. The van der Waals surface area contributed by atoms with Crippen molar-refractivity contribution >= 4 is 77.8 Å². The van der Waals surface area contributed by atoms with Gasteiger partial charge in [0.25, 0.3) is 5.91 Å². The SMILES string of the molecule is O=C1/C(=C/c2cc(Br)c(O)c(Br)c2)SC(=S)N1c1ccccc1. The van der Waals surface area contributed by atoms with Crippen LogP contribution in [-0.4, -0.2) is 15.3 Å². The van der Waals surface area contributed by atoms with Gasteiger partial charge in [0.05, 0.1) is 19.5 Å². The third-order valence-electron chi connectivity index (χ3n) is 3.15. The summed E-state index contributed by atoms with van der Waals surface area (Å²) in [7, 11) is 0. The topological polar surface area (TPSA) is 40.5 Å². The van der Waals surface area contributed by atoms with Gasteiger partial charge in [0, 0.05) is 0 Å². The van der Waals surface area contributed by atoms with Crippen molar-refractivity contribution in [1.82, 2.24) is 0 Å². The van der Waals surface area contributed by atoms with Crippen LogP contribution in [0.15, 0.2) is 56.3 Å². The molecule has 0 aliphatic carbocycles. The molecule has 116 valence electrons. The van der Waals surface area contributed by atoms with E-state index in [1.807, 2.05) is 30.3 Å². The summed E-state index contributed by atoms with van der Waals surface area (Å²) in [6, 6.07) is 12.8. The zero-order chi connectivity index (χ0) is 16.6. The van der Waals surface area contributed by atoms with E-state index in [2.05, 4.69) is 31.9 Å². The quantitative estimate of drug-likeness (QED) is 0.476. The fourth-order valence-electron chi connectivity index (χ4n) is 2.09. The molecule has 0 bridgehead atoms. The number of hydrogen-bond acceptors (Lipinski definition) is 4. The van der Waals surface area contributed by atoms with E-state index in [1.54, 1.807) is 18.2 Å². The summed E-state index contributed by atoms with van der Waals surface area (Å²) in [6.07, 6.45) is 1.76. The maximum atomic E-state index is 12.6. The van der Waals surface area contributed by atoms with Gasteiger partial charge in [-0.1, -0.05) is 42.2 Å². The van der Waals surface area contributed by atoms with Crippen molar-refractivity contribution in [2.24, 2.45) is 0 Å². The summed E-state index contributed by atoms with van der Waals surface area (Å²) in [5.41, 5.74) is 1.54. The summed E-state index contributed by atoms with van der Waals surface area (Å²) in [6.45, 7) is 0. The Morgan fingerprint density at radius 2 is 1.74 bits per heavy atom. The monoisotopic (exact) mass is 469 g/mol. The fourth-order valence-corrected chi connectivity index (χ4v) is 4.61. The summed E-state index contributed by atoms with van der Waals surface area (Å²) in [5.74, 6) is -0.0227. The molecule has 1 heterocycles. The molecule has 1 amide bonds. The molecule has 0 unspecified atom stereocenters. The van der Waals surface area contributed by atoms with Crippen molar-refractivity contribution in [2.75, 3.05) is 4.90 Å². The highest BCUT2D eigenvalue weighted by atomic mass is 79.9. The predicted molar refractivity (Wildman–Crippen MR) is 106 cm³/mol. The average molecular weight is 471 g/mol. The first-order valence-corrected chi connectivity index (χ1v) is 9.29. The van der Waals surface area contributed by atoms with Crippen LogP contribution in [0, 0.1) is 0 Å². The van der Waals surface area contributed by atoms with Crippen LogP contribution in [-0.2, 0) is 4.79 Å². The first kappa shape index (κ1) is 16.7. The number of thiocarbonyl (C=S) groups is 1. The number of carbonyl (C=O) groups is 1. The van der Waals surface area contributed by atoms with Crippen molar-refractivity contribution in [3.8, 4) is 5.75 Å². The molecule has 7 heteroatoms. The predicted octanol–water partition coefficient (Wildman–Crippen LogP) is 5.32. The molecule has 3 rings (SSSR count). The lowest BCUT2D eigenvalue weighted by Gasteiger charge is -2.13. The number of amides is 1. The Bertz CT molecular complexity index is 814. The third-order valence-corrected chi connectivity index (χ3v) is 5.66. The molecule has 0 atom stereocenters. The Morgan fingerprint density at radius 3 is 2.35 bits per heavy atom. The van der Waals surface area contributed by atoms with Crippen LogP contribution >= 0.6 is 55.8 Å². The number of benzene rings is 2. The van der Waals surface area contributed by atoms with E-state index in [1.165, 1.54) is 16.7 Å². The number of halogens is 2. The molecular formula is C16H9Br2NO2S2. The van der Waals surface area contributed by atoms with Crippen LogP contribution in [0.25, 0.3) is 6.08 Å². The zero-order valence-electron chi connectivity index (χ0n) is 11.5. The molecule has 1 aliphatic heterocycles. The summed E-state index contributed by atoms with van der Waals surface area (Å²) < 4.78 is 1.61. The minimum atomic E-state index is -0.147. The molecular weight excluding hydrogens is 462 g/mol. The van der Waals surface area contributed by atoms with Crippen LogP contribution in [0.2, 0.25) is 0 Å². The van der Waals surface area contributed by atoms with Crippen molar-refractivity contribution in [3.63, 3.8) is 0 Å². The van der Waals surface area contributed by atoms with Crippen molar-refractivity contribution in [2.45, 2.75) is 0 Å². The van der Waals surface area contributed by atoms with Gasteiger partial charge in [0.2, 0.25) is 0 Å². The van der Waals surface area contributed by atoms with E-state index in [0.717, 1.165) is 11.3 Å². The van der Waals surface area contributed by atoms with Crippen molar-refractivity contribution in [3.05, 3.63) is 61.9 Å². The number of aromatic hydroxyl groups is 1. The molecule has 3 nitrogen and oxygen atoms in total. The first-order valence-electron chi connectivity index (χ1n) is 6.48. The first-order chi connectivity index (χ1) is 11.0. The van der Waals surface area contributed by atoms with Crippen molar-refractivity contribution in [1.29, 1.82) is 0 Å².